The van der Waals surface area contributed by atoms with Crippen LogP contribution in [0.25, 0.3) is 10.9 Å². The number of aryl methyl sites for hydroxylation is 1. The normalized spacial score (nSPS) is 10.4. The van der Waals surface area contributed by atoms with Crippen LogP contribution in [0.5, 0.6) is 0 Å². The smallest absolute Gasteiger partial charge is 0.309 e. The van der Waals surface area contributed by atoms with Crippen molar-refractivity contribution < 1.29 is 9.53 Å². The SMILES string of the molecule is C=CCC(=O)OCc1c(C)[nH]c2ccccc12. The third-order valence-electron chi connectivity index (χ3n) is 2.72. The number of esters is 1. The molecule has 0 unspecified atom stereocenters. The second-order valence-corrected chi connectivity index (χ2v) is 3.93. The number of H-pyrrole nitrogens is 1. The Morgan fingerprint density at radius 3 is 3.00 bits per heavy atom. The molecule has 0 atom stereocenters. The molecule has 0 aliphatic rings. The minimum atomic E-state index is -0.246. The van der Waals surface area contributed by atoms with E-state index in [0.717, 1.165) is 22.2 Å². The van der Waals surface area contributed by atoms with E-state index in [1.54, 1.807) is 6.08 Å². The van der Waals surface area contributed by atoms with Gasteiger partial charge in [0.25, 0.3) is 0 Å². The Morgan fingerprint density at radius 1 is 1.47 bits per heavy atom. The van der Waals surface area contributed by atoms with Crippen LogP contribution in [0.4, 0.5) is 0 Å². The van der Waals surface area contributed by atoms with Crippen molar-refractivity contribution in [3.63, 3.8) is 0 Å². The van der Waals surface area contributed by atoms with Gasteiger partial charge in [-0.25, -0.2) is 0 Å². The van der Waals surface area contributed by atoms with Crippen LogP contribution < -0.4 is 0 Å². The monoisotopic (exact) mass is 229 g/mol. The van der Waals surface area contributed by atoms with Crippen LogP contribution in [0.1, 0.15) is 17.7 Å². The van der Waals surface area contributed by atoms with Crippen molar-refractivity contribution in [2.45, 2.75) is 20.0 Å². The molecule has 0 aliphatic heterocycles. The van der Waals surface area contributed by atoms with Crippen molar-refractivity contribution in [2.75, 3.05) is 0 Å². The fourth-order valence-electron chi connectivity index (χ4n) is 1.85. The summed E-state index contributed by atoms with van der Waals surface area (Å²) >= 11 is 0. The van der Waals surface area contributed by atoms with E-state index in [2.05, 4.69) is 11.6 Å². The summed E-state index contributed by atoms with van der Waals surface area (Å²) in [6.45, 7) is 5.80. The molecule has 0 amide bonds. The third kappa shape index (κ3) is 2.38. The summed E-state index contributed by atoms with van der Waals surface area (Å²) in [6.07, 6.45) is 1.80. The molecule has 0 fully saturated rings. The zero-order chi connectivity index (χ0) is 12.3. The van der Waals surface area contributed by atoms with E-state index < -0.39 is 0 Å². The first kappa shape index (κ1) is 11.5. The van der Waals surface area contributed by atoms with E-state index in [1.165, 1.54) is 0 Å². The predicted molar refractivity (Wildman–Crippen MR) is 67.6 cm³/mol. The Hall–Kier alpha value is -2.03. The molecule has 3 heteroatoms. The number of benzene rings is 1. The van der Waals surface area contributed by atoms with Crippen molar-refractivity contribution in [1.29, 1.82) is 0 Å². The number of hydrogen-bond acceptors (Lipinski definition) is 2. The summed E-state index contributed by atoms with van der Waals surface area (Å²) in [6, 6.07) is 7.99. The average Bonchev–Trinajstić information content (AvgIpc) is 2.62. The largest absolute Gasteiger partial charge is 0.460 e. The highest BCUT2D eigenvalue weighted by Gasteiger charge is 2.09. The highest BCUT2D eigenvalue weighted by molar-refractivity contribution is 5.84. The van der Waals surface area contributed by atoms with Gasteiger partial charge in [0.15, 0.2) is 0 Å². The number of aromatic amines is 1. The maximum atomic E-state index is 11.3. The number of para-hydroxylation sites is 1. The molecule has 2 aromatic rings. The molecule has 88 valence electrons. The van der Waals surface area contributed by atoms with E-state index in [1.807, 2.05) is 31.2 Å². The molecule has 0 spiro atoms. The minimum absolute atomic E-state index is 0.246. The van der Waals surface area contributed by atoms with E-state index in [9.17, 15) is 4.79 Å². The van der Waals surface area contributed by atoms with Crippen LogP contribution in [0, 0.1) is 6.92 Å². The number of hydrogen-bond donors (Lipinski definition) is 1. The molecule has 1 heterocycles. The molecule has 0 radical (unpaired) electrons. The van der Waals surface area contributed by atoms with Crippen molar-refractivity contribution in [1.82, 2.24) is 4.98 Å². The Balaban J connectivity index is 2.20. The van der Waals surface area contributed by atoms with Gasteiger partial charge < -0.3 is 9.72 Å². The van der Waals surface area contributed by atoms with Gasteiger partial charge in [0.1, 0.15) is 6.61 Å². The summed E-state index contributed by atoms with van der Waals surface area (Å²) in [5.74, 6) is -0.246. The Kier molecular flexibility index (Phi) is 3.28. The van der Waals surface area contributed by atoms with Crippen molar-refractivity contribution in [3.8, 4) is 0 Å². The zero-order valence-corrected chi connectivity index (χ0v) is 9.82. The highest BCUT2D eigenvalue weighted by Crippen LogP contribution is 2.22. The Labute approximate surface area is 100 Å². The van der Waals surface area contributed by atoms with Crippen LogP contribution in [0.3, 0.4) is 0 Å². The first-order chi connectivity index (χ1) is 8.22. The number of rotatable bonds is 4. The molecule has 1 aromatic carbocycles. The number of aromatic nitrogens is 1. The fraction of sp³-hybridized carbons (Fsp3) is 0.214. The maximum Gasteiger partial charge on any atom is 0.309 e. The second kappa shape index (κ2) is 4.87. The van der Waals surface area contributed by atoms with Gasteiger partial charge in [-0.1, -0.05) is 24.3 Å². The first-order valence-electron chi connectivity index (χ1n) is 5.55. The highest BCUT2D eigenvalue weighted by atomic mass is 16.5. The van der Waals surface area contributed by atoms with E-state index in [0.29, 0.717) is 6.61 Å². The van der Waals surface area contributed by atoms with Crippen LogP contribution in [0.2, 0.25) is 0 Å². The molecular weight excluding hydrogens is 214 g/mol. The van der Waals surface area contributed by atoms with Gasteiger partial charge in [-0.05, 0) is 13.0 Å². The summed E-state index contributed by atoms with van der Waals surface area (Å²) in [4.78, 5) is 14.6. The third-order valence-corrected chi connectivity index (χ3v) is 2.72. The van der Waals surface area contributed by atoms with Gasteiger partial charge in [0.05, 0.1) is 6.42 Å². The summed E-state index contributed by atoms with van der Waals surface area (Å²) in [7, 11) is 0. The zero-order valence-electron chi connectivity index (χ0n) is 9.82. The lowest BCUT2D eigenvalue weighted by Gasteiger charge is -2.03. The number of ether oxygens (including phenoxy) is 1. The van der Waals surface area contributed by atoms with Gasteiger partial charge in [-0.3, -0.25) is 4.79 Å². The second-order valence-electron chi connectivity index (χ2n) is 3.93. The van der Waals surface area contributed by atoms with Gasteiger partial charge in [-0.15, -0.1) is 6.58 Å². The number of carbonyl (C=O) groups excluding carboxylic acids is 1. The van der Waals surface area contributed by atoms with Crippen molar-refractivity contribution in [3.05, 3.63) is 48.2 Å². The maximum absolute atomic E-state index is 11.3. The molecule has 3 nitrogen and oxygen atoms in total. The predicted octanol–water partition coefficient (Wildman–Crippen LogP) is 3.10. The molecule has 2 rings (SSSR count). The quantitative estimate of drug-likeness (QED) is 0.646. The lowest BCUT2D eigenvalue weighted by molar-refractivity contribution is -0.143. The van der Waals surface area contributed by atoms with Crippen LogP contribution in [-0.2, 0) is 16.1 Å². The molecule has 0 saturated carbocycles. The standard InChI is InChI=1S/C14H15NO2/c1-3-6-14(16)17-9-12-10(2)15-13-8-5-4-7-11(12)13/h3-5,7-8,15H,1,6,9H2,2H3. The average molecular weight is 229 g/mol. The lowest BCUT2D eigenvalue weighted by atomic mass is 10.1. The van der Waals surface area contributed by atoms with Gasteiger partial charge in [-0.2, -0.15) is 0 Å². The van der Waals surface area contributed by atoms with E-state index >= 15 is 0 Å². The number of fused-ring (bicyclic) bond motifs is 1. The molecule has 0 saturated heterocycles. The van der Waals surface area contributed by atoms with Crippen molar-refractivity contribution >= 4 is 16.9 Å². The van der Waals surface area contributed by atoms with Crippen LogP contribution in [0.15, 0.2) is 36.9 Å². The number of nitrogens with one attached hydrogen (secondary N) is 1. The van der Waals surface area contributed by atoms with Gasteiger partial charge in [0.2, 0.25) is 0 Å². The molecule has 1 N–H and O–H groups in total. The summed E-state index contributed by atoms with van der Waals surface area (Å²) in [5, 5.41) is 1.11. The minimum Gasteiger partial charge on any atom is -0.460 e. The molecular formula is C14H15NO2. The molecule has 17 heavy (non-hydrogen) atoms. The lowest BCUT2D eigenvalue weighted by Crippen LogP contribution is -2.03. The first-order valence-corrected chi connectivity index (χ1v) is 5.55. The van der Waals surface area contributed by atoms with Gasteiger partial charge >= 0.3 is 5.97 Å². The van der Waals surface area contributed by atoms with Crippen LogP contribution >= 0.6 is 0 Å². The molecule has 0 bridgehead atoms. The molecule has 1 aromatic heterocycles. The topological polar surface area (TPSA) is 42.1 Å². The van der Waals surface area contributed by atoms with E-state index in [4.69, 9.17) is 4.74 Å². The fourth-order valence-corrected chi connectivity index (χ4v) is 1.85. The van der Waals surface area contributed by atoms with E-state index in [-0.39, 0.29) is 12.4 Å². The Bertz CT molecular complexity index is 554. The Morgan fingerprint density at radius 2 is 2.24 bits per heavy atom. The van der Waals surface area contributed by atoms with Gasteiger partial charge in [0, 0.05) is 22.2 Å². The summed E-state index contributed by atoms with van der Waals surface area (Å²) in [5.41, 5.74) is 3.15. The summed E-state index contributed by atoms with van der Waals surface area (Å²) < 4.78 is 5.19. The van der Waals surface area contributed by atoms with Crippen molar-refractivity contribution in [2.24, 2.45) is 0 Å². The molecule has 0 aliphatic carbocycles. The van der Waals surface area contributed by atoms with Crippen LogP contribution in [-0.4, -0.2) is 11.0 Å². The number of carbonyl (C=O) groups is 1.